The molecule has 0 aliphatic carbocycles. The number of para-hydroxylation sites is 1. The summed E-state index contributed by atoms with van der Waals surface area (Å²) in [7, 11) is 0. The number of imidazole rings is 1. The van der Waals surface area contributed by atoms with E-state index in [0.29, 0.717) is 10.8 Å². The van der Waals surface area contributed by atoms with Gasteiger partial charge in [0.05, 0.1) is 18.7 Å². The fraction of sp³-hybridized carbons (Fsp3) is 0.250. The second kappa shape index (κ2) is 10.6. The number of carbonyl (C=O) groups is 2. The first kappa shape index (κ1) is 23.1. The molecule has 32 heavy (non-hydrogen) atoms. The normalized spacial score (nSPS) is 10.4. The summed E-state index contributed by atoms with van der Waals surface area (Å²) in [6, 6.07) is 17.2. The lowest BCUT2D eigenvalue weighted by molar-refractivity contribution is -0.121. The number of rotatable bonds is 8. The van der Waals surface area contributed by atoms with Crippen molar-refractivity contribution in [1.82, 2.24) is 9.55 Å². The Bertz CT molecular complexity index is 1130. The molecule has 0 saturated heterocycles. The van der Waals surface area contributed by atoms with Crippen LogP contribution in [-0.2, 0) is 9.53 Å². The highest BCUT2D eigenvalue weighted by molar-refractivity contribution is 7.98. The minimum atomic E-state index is -0.643. The summed E-state index contributed by atoms with van der Waals surface area (Å²) in [5, 5.41) is 9.64. The summed E-state index contributed by atoms with van der Waals surface area (Å²) < 4.78 is 7.07. The minimum absolute atomic E-state index is 0.171. The molecular weight excluding hydrogens is 424 g/mol. The van der Waals surface area contributed by atoms with E-state index in [1.807, 2.05) is 68.6 Å². The van der Waals surface area contributed by atoms with Gasteiger partial charge in [-0.05, 0) is 55.5 Å². The highest BCUT2D eigenvalue weighted by Gasteiger charge is 2.22. The molecule has 1 amide bonds. The molecule has 1 heterocycles. The quantitative estimate of drug-likeness (QED) is 0.377. The molecule has 164 valence electrons. The number of aryl methyl sites for hydroxylation is 2. The number of aromatic nitrogens is 2. The molecule has 0 aliphatic rings. The molecule has 8 heteroatoms. The highest BCUT2D eigenvalue weighted by atomic mass is 32.2. The van der Waals surface area contributed by atoms with E-state index in [1.165, 1.54) is 22.9 Å². The number of carbonyl (C=O) groups excluding carboxylic acids is 2. The first-order valence-corrected chi connectivity index (χ1v) is 11.3. The van der Waals surface area contributed by atoms with E-state index in [0.717, 1.165) is 16.8 Å². The maximum atomic E-state index is 12.9. The average Bonchev–Trinajstić information content (AvgIpc) is 3.22. The number of esters is 1. The van der Waals surface area contributed by atoms with Crippen LogP contribution in [0.1, 0.15) is 28.0 Å². The van der Waals surface area contributed by atoms with Crippen LogP contribution in [0.15, 0.2) is 59.9 Å². The van der Waals surface area contributed by atoms with Crippen LogP contribution >= 0.6 is 11.8 Å². The Labute approximate surface area is 191 Å². The number of nitrogens with zero attached hydrogens (tertiary/aromatic N) is 4. The van der Waals surface area contributed by atoms with E-state index in [4.69, 9.17) is 10.00 Å². The van der Waals surface area contributed by atoms with Crippen molar-refractivity contribution < 1.29 is 14.3 Å². The van der Waals surface area contributed by atoms with Gasteiger partial charge in [-0.2, -0.15) is 5.26 Å². The van der Waals surface area contributed by atoms with Crippen molar-refractivity contribution in [2.45, 2.75) is 25.4 Å². The molecule has 0 spiro atoms. The third-order valence-electron chi connectivity index (χ3n) is 4.73. The topological polar surface area (TPSA) is 88.2 Å². The molecular formula is C24H24N4O3S. The van der Waals surface area contributed by atoms with Crippen LogP contribution in [-0.4, -0.2) is 40.8 Å². The van der Waals surface area contributed by atoms with Crippen molar-refractivity contribution in [2.24, 2.45) is 0 Å². The lowest BCUT2D eigenvalue weighted by Gasteiger charge is -2.22. The van der Waals surface area contributed by atoms with E-state index < -0.39 is 18.5 Å². The van der Waals surface area contributed by atoms with Gasteiger partial charge in [0.25, 0.3) is 5.91 Å². The van der Waals surface area contributed by atoms with Crippen molar-refractivity contribution in [1.29, 1.82) is 5.26 Å². The van der Waals surface area contributed by atoms with Gasteiger partial charge in [-0.1, -0.05) is 36.0 Å². The monoisotopic (exact) mass is 448 g/mol. The number of amides is 1. The summed E-state index contributed by atoms with van der Waals surface area (Å²) in [5.74, 6) is -1.04. The van der Waals surface area contributed by atoms with Gasteiger partial charge in [-0.3, -0.25) is 9.36 Å². The maximum absolute atomic E-state index is 12.9. The number of nitriles is 1. The maximum Gasteiger partial charge on any atom is 0.357 e. The summed E-state index contributed by atoms with van der Waals surface area (Å²) in [4.78, 5) is 31.6. The Morgan fingerprint density at radius 1 is 1.16 bits per heavy atom. The number of anilines is 1. The molecule has 7 nitrogen and oxygen atoms in total. The predicted molar refractivity (Wildman–Crippen MR) is 124 cm³/mol. The molecule has 0 N–H and O–H groups in total. The van der Waals surface area contributed by atoms with Crippen LogP contribution < -0.4 is 4.90 Å². The van der Waals surface area contributed by atoms with Crippen molar-refractivity contribution in [3.63, 3.8) is 0 Å². The first-order chi connectivity index (χ1) is 15.4. The van der Waals surface area contributed by atoms with E-state index >= 15 is 0 Å². The van der Waals surface area contributed by atoms with Crippen molar-refractivity contribution >= 4 is 29.3 Å². The Hall–Kier alpha value is -3.57. The van der Waals surface area contributed by atoms with Gasteiger partial charge in [0.1, 0.15) is 0 Å². The molecule has 2 aromatic carbocycles. The van der Waals surface area contributed by atoms with Crippen LogP contribution in [0.25, 0.3) is 5.69 Å². The molecule has 0 bridgehead atoms. The summed E-state index contributed by atoms with van der Waals surface area (Å²) in [6.45, 7) is 3.66. The summed E-state index contributed by atoms with van der Waals surface area (Å²) in [6.07, 6.45) is 3.49. The first-order valence-electron chi connectivity index (χ1n) is 10.0. The van der Waals surface area contributed by atoms with Crippen molar-refractivity contribution in [3.05, 3.63) is 71.5 Å². The van der Waals surface area contributed by atoms with E-state index in [9.17, 15) is 9.59 Å². The second-order valence-electron chi connectivity index (χ2n) is 7.18. The van der Waals surface area contributed by atoms with E-state index in [1.54, 1.807) is 4.57 Å². The molecule has 0 atom stereocenters. The lowest BCUT2D eigenvalue weighted by Crippen LogP contribution is -2.35. The standard InChI is InChI=1S/C24H24N4O3S/c1-17-12-18(2)14-20(13-17)27(11-7-10-25)22(29)16-31-23(30)21-15-26-24(32-3)28(21)19-8-5-4-6-9-19/h4-6,8-9,12-15H,7,11,16H2,1-3H3. The van der Waals surface area contributed by atoms with Crippen LogP contribution in [0.2, 0.25) is 0 Å². The van der Waals surface area contributed by atoms with Crippen LogP contribution in [0.5, 0.6) is 0 Å². The van der Waals surface area contributed by atoms with Gasteiger partial charge in [0, 0.05) is 17.9 Å². The van der Waals surface area contributed by atoms with Gasteiger partial charge in [-0.25, -0.2) is 9.78 Å². The molecule has 0 radical (unpaired) electrons. The molecule has 0 unspecified atom stereocenters. The van der Waals surface area contributed by atoms with Gasteiger partial charge in [-0.15, -0.1) is 0 Å². The Morgan fingerprint density at radius 3 is 2.47 bits per heavy atom. The summed E-state index contributed by atoms with van der Waals surface area (Å²) in [5.41, 5.74) is 3.70. The summed E-state index contributed by atoms with van der Waals surface area (Å²) >= 11 is 1.41. The van der Waals surface area contributed by atoms with Crippen LogP contribution in [0.4, 0.5) is 5.69 Å². The van der Waals surface area contributed by atoms with E-state index in [2.05, 4.69) is 11.1 Å². The Balaban J connectivity index is 1.79. The van der Waals surface area contributed by atoms with Gasteiger partial charge < -0.3 is 9.64 Å². The molecule has 0 fully saturated rings. The van der Waals surface area contributed by atoms with Gasteiger partial charge in [0.15, 0.2) is 17.5 Å². The largest absolute Gasteiger partial charge is 0.451 e. The fourth-order valence-electron chi connectivity index (χ4n) is 3.39. The van der Waals surface area contributed by atoms with Crippen molar-refractivity contribution in [2.75, 3.05) is 24.3 Å². The molecule has 3 aromatic rings. The van der Waals surface area contributed by atoms with E-state index in [-0.39, 0.29) is 18.7 Å². The minimum Gasteiger partial charge on any atom is -0.451 e. The van der Waals surface area contributed by atoms with Gasteiger partial charge >= 0.3 is 5.97 Å². The Kier molecular flexibility index (Phi) is 7.68. The number of hydrogen-bond acceptors (Lipinski definition) is 6. The predicted octanol–water partition coefficient (Wildman–Crippen LogP) is 4.31. The number of ether oxygens (including phenoxy) is 1. The molecule has 3 rings (SSSR count). The lowest BCUT2D eigenvalue weighted by atomic mass is 10.1. The molecule has 0 aliphatic heterocycles. The molecule has 0 saturated carbocycles. The average molecular weight is 449 g/mol. The molecule has 1 aromatic heterocycles. The zero-order valence-corrected chi connectivity index (χ0v) is 19.1. The van der Waals surface area contributed by atoms with Gasteiger partial charge in [0.2, 0.25) is 0 Å². The van der Waals surface area contributed by atoms with Crippen LogP contribution in [0.3, 0.4) is 0 Å². The zero-order chi connectivity index (χ0) is 23.1. The smallest absolute Gasteiger partial charge is 0.357 e. The SMILES string of the molecule is CSc1ncc(C(=O)OCC(=O)N(CCC#N)c2cc(C)cc(C)c2)n1-c1ccccc1. The van der Waals surface area contributed by atoms with Crippen LogP contribution in [0, 0.1) is 25.2 Å². The number of thioether (sulfide) groups is 1. The van der Waals surface area contributed by atoms with Crippen molar-refractivity contribution in [3.8, 4) is 11.8 Å². The third kappa shape index (κ3) is 5.37. The second-order valence-corrected chi connectivity index (χ2v) is 7.95. The fourth-order valence-corrected chi connectivity index (χ4v) is 3.94. The number of hydrogen-bond donors (Lipinski definition) is 0. The highest BCUT2D eigenvalue weighted by Crippen LogP contribution is 2.23. The Morgan fingerprint density at radius 2 is 1.84 bits per heavy atom. The third-order valence-corrected chi connectivity index (χ3v) is 5.38. The number of benzene rings is 2. The zero-order valence-electron chi connectivity index (χ0n) is 18.2.